The number of hydrogen-bond acceptors (Lipinski definition) is 0. The highest BCUT2D eigenvalue weighted by Crippen LogP contribution is 2.60. The number of halogens is 3. The van der Waals surface area contributed by atoms with Crippen LogP contribution in [0.1, 0.15) is 49.7 Å². The van der Waals surface area contributed by atoms with Gasteiger partial charge in [-0.2, -0.15) is 13.2 Å². The lowest BCUT2D eigenvalue weighted by atomic mass is 9.48. The Kier molecular flexibility index (Phi) is 2.56. The molecule has 5 rings (SSSR count). The van der Waals surface area contributed by atoms with E-state index in [9.17, 15) is 13.2 Å². The molecule has 0 nitrogen and oxygen atoms in total. The Hall–Kier alpha value is -0.990. The van der Waals surface area contributed by atoms with Crippen molar-refractivity contribution in [3.8, 4) is 0 Å². The topological polar surface area (TPSA) is 0 Å². The second-order valence-corrected chi connectivity index (χ2v) is 7.27. The average Bonchev–Trinajstić information content (AvgIpc) is 2.36. The van der Waals surface area contributed by atoms with Gasteiger partial charge in [0.15, 0.2) is 0 Å². The van der Waals surface area contributed by atoms with Gasteiger partial charge in [0.1, 0.15) is 0 Å². The van der Waals surface area contributed by atoms with Gasteiger partial charge in [-0.15, -0.1) is 0 Å². The van der Waals surface area contributed by atoms with Crippen LogP contribution in [-0.2, 0) is 11.6 Å². The molecule has 0 unspecified atom stereocenters. The van der Waals surface area contributed by atoms with Crippen molar-refractivity contribution in [2.24, 2.45) is 17.8 Å². The summed E-state index contributed by atoms with van der Waals surface area (Å²) in [5.41, 5.74) is 0.828. The van der Waals surface area contributed by atoms with E-state index in [4.69, 9.17) is 0 Å². The summed E-state index contributed by atoms with van der Waals surface area (Å²) in [7, 11) is 0. The predicted molar refractivity (Wildman–Crippen MR) is 71.3 cm³/mol. The van der Waals surface area contributed by atoms with Crippen molar-refractivity contribution in [2.45, 2.75) is 50.1 Å². The van der Waals surface area contributed by atoms with Gasteiger partial charge in [-0.3, -0.25) is 0 Å². The van der Waals surface area contributed by atoms with Crippen molar-refractivity contribution in [1.82, 2.24) is 0 Å². The highest BCUT2D eigenvalue weighted by atomic mass is 19.4. The second kappa shape index (κ2) is 4.02. The molecule has 0 heterocycles. The predicted octanol–water partition coefficient (Wildman–Crippen LogP) is 5.17. The molecule has 0 aliphatic heterocycles. The normalized spacial score (nSPS) is 39.2. The van der Waals surface area contributed by atoms with Crippen LogP contribution in [0.2, 0.25) is 0 Å². The summed E-state index contributed by atoms with van der Waals surface area (Å²) in [6.45, 7) is 0. The monoisotopic (exact) mass is 280 g/mol. The number of rotatable bonds is 1. The Labute approximate surface area is 117 Å². The maximum atomic E-state index is 12.7. The Morgan fingerprint density at radius 2 is 1.25 bits per heavy atom. The molecule has 0 aromatic heterocycles. The molecule has 4 saturated carbocycles. The van der Waals surface area contributed by atoms with Gasteiger partial charge in [0.2, 0.25) is 0 Å². The van der Waals surface area contributed by atoms with Crippen molar-refractivity contribution in [2.75, 3.05) is 0 Å². The Morgan fingerprint density at radius 3 is 1.65 bits per heavy atom. The standard InChI is InChI=1S/C17H19F3/c18-17(19,20)15-3-1-14(2-4-15)16-8-11-5-12(9-16)7-13(6-11)10-16/h1-4,11-13H,5-10H2. The van der Waals surface area contributed by atoms with Gasteiger partial charge >= 0.3 is 6.18 Å². The first kappa shape index (κ1) is 12.7. The maximum Gasteiger partial charge on any atom is 0.416 e. The Balaban J connectivity index is 1.67. The Bertz CT molecular complexity index is 477. The third kappa shape index (κ3) is 1.89. The summed E-state index contributed by atoms with van der Waals surface area (Å²) in [4.78, 5) is 0. The van der Waals surface area contributed by atoms with Gasteiger partial charge in [0, 0.05) is 0 Å². The van der Waals surface area contributed by atoms with Crippen LogP contribution in [0.4, 0.5) is 13.2 Å². The smallest absolute Gasteiger partial charge is 0.166 e. The summed E-state index contributed by atoms with van der Waals surface area (Å²) in [6.07, 6.45) is 3.46. The molecule has 20 heavy (non-hydrogen) atoms. The van der Waals surface area contributed by atoms with Crippen LogP contribution in [0, 0.1) is 17.8 Å². The van der Waals surface area contributed by atoms with E-state index in [2.05, 4.69) is 0 Å². The number of alkyl halides is 3. The third-order valence-electron chi connectivity index (χ3n) is 5.86. The molecule has 0 amide bonds. The first-order chi connectivity index (χ1) is 9.45. The van der Waals surface area contributed by atoms with Crippen LogP contribution in [0.25, 0.3) is 0 Å². The molecule has 1 aromatic rings. The maximum absolute atomic E-state index is 12.7. The van der Waals surface area contributed by atoms with E-state index >= 15 is 0 Å². The van der Waals surface area contributed by atoms with Crippen LogP contribution < -0.4 is 0 Å². The molecular weight excluding hydrogens is 261 g/mol. The largest absolute Gasteiger partial charge is 0.416 e. The molecule has 4 bridgehead atoms. The quantitative estimate of drug-likeness (QED) is 0.665. The van der Waals surface area contributed by atoms with Gasteiger partial charge in [-0.05, 0) is 79.4 Å². The second-order valence-electron chi connectivity index (χ2n) is 7.27. The van der Waals surface area contributed by atoms with Crippen molar-refractivity contribution >= 4 is 0 Å². The van der Waals surface area contributed by atoms with Crippen molar-refractivity contribution in [3.05, 3.63) is 35.4 Å². The zero-order valence-corrected chi connectivity index (χ0v) is 11.4. The van der Waals surface area contributed by atoms with E-state index in [0.29, 0.717) is 0 Å². The average molecular weight is 280 g/mol. The van der Waals surface area contributed by atoms with Crippen LogP contribution >= 0.6 is 0 Å². The summed E-state index contributed by atoms with van der Waals surface area (Å²) in [5, 5.41) is 0. The van der Waals surface area contributed by atoms with E-state index in [0.717, 1.165) is 23.3 Å². The molecule has 0 spiro atoms. The first-order valence-corrected chi connectivity index (χ1v) is 7.62. The fourth-order valence-electron chi connectivity index (χ4n) is 5.48. The van der Waals surface area contributed by atoms with E-state index in [-0.39, 0.29) is 5.41 Å². The molecule has 108 valence electrons. The summed E-state index contributed by atoms with van der Waals surface area (Å²) >= 11 is 0. The van der Waals surface area contributed by atoms with Crippen LogP contribution in [-0.4, -0.2) is 0 Å². The SMILES string of the molecule is FC(F)(F)c1ccc(C23CC4CC(CC(C4)C2)C3)cc1. The lowest BCUT2D eigenvalue weighted by Gasteiger charge is -2.57. The minimum Gasteiger partial charge on any atom is -0.166 e. The fourth-order valence-corrected chi connectivity index (χ4v) is 5.48. The third-order valence-corrected chi connectivity index (χ3v) is 5.86. The van der Waals surface area contributed by atoms with Gasteiger partial charge < -0.3 is 0 Å². The molecule has 4 aliphatic rings. The van der Waals surface area contributed by atoms with E-state index in [1.54, 1.807) is 12.1 Å². The molecule has 0 saturated heterocycles. The van der Waals surface area contributed by atoms with Crippen molar-refractivity contribution in [3.63, 3.8) is 0 Å². The van der Waals surface area contributed by atoms with E-state index in [1.807, 2.05) is 0 Å². The first-order valence-electron chi connectivity index (χ1n) is 7.62. The summed E-state index contributed by atoms with van der Waals surface area (Å²) in [5.74, 6) is 2.47. The molecule has 4 fully saturated rings. The zero-order valence-electron chi connectivity index (χ0n) is 11.4. The van der Waals surface area contributed by atoms with Crippen LogP contribution in [0.3, 0.4) is 0 Å². The van der Waals surface area contributed by atoms with Crippen molar-refractivity contribution in [1.29, 1.82) is 0 Å². The van der Waals surface area contributed by atoms with Crippen LogP contribution in [0.15, 0.2) is 24.3 Å². The van der Waals surface area contributed by atoms with Gasteiger partial charge in [0.05, 0.1) is 5.56 Å². The lowest BCUT2D eigenvalue weighted by molar-refractivity contribution is -0.137. The number of hydrogen-bond donors (Lipinski definition) is 0. The highest BCUT2D eigenvalue weighted by Gasteiger charge is 2.51. The zero-order chi connectivity index (χ0) is 14.0. The Morgan fingerprint density at radius 1 is 0.800 bits per heavy atom. The molecule has 0 radical (unpaired) electrons. The molecule has 0 atom stereocenters. The molecule has 3 heteroatoms. The lowest BCUT2D eigenvalue weighted by Crippen LogP contribution is -2.48. The summed E-state index contributed by atoms with van der Waals surface area (Å²) < 4.78 is 38.0. The minimum absolute atomic E-state index is 0.193. The molecule has 0 N–H and O–H groups in total. The fraction of sp³-hybridized carbons (Fsp3) is 0.647. The van der Waals surface area contributed by atoms with E-state index < -0.39 is 11.7 Å². The van der Waals surface area contributed by atoms with Gasteiger partial charge in [-0.25, -0.2) is 0 Å². The molecule has 4 aliphatic carbocycles. The molecule has 1 aromatic carbocycles. The highest BCUT2D eigenvalue weighted by molar-refractivity contribution is 5.33. The van der Waals surface area contributed by atoms with Gasteiger partial charge in [-0.1, -0.05) is 12.1 Å². The number of benzene rings is 1. The van der Waals surface area contributed by atoms with Gasteiger partial charge in [0.25, 0.3) is 0 Å². The molecular formula is C17H19F3. The van der Waals surface area contributed by atoms with Crippen molar-refractivity contribution < 1.29 is 13.2 Å². The van der Waals surface area contributed by atoms with Crippen LogP contribution in [0.5, 0.6) is 0 Å². The van der Waals surface area contributed by atoms with E-state index in [1.165, 1.54) is 50.7 Å². The summed E-state index contributed by atoms with van der Waals surface area (Å²) in [6, 6.07) is 6.04. The minimum atomic E-state index is -4.22.